The maximum Gasteiger partial charge on any atom is 0.222 e. The predicted molar refractivity (Wildman–Crippen MR) is 75.6 cm³/mol. The fraction of sp³-hybridized carbons (Fsp3) is 0.929. The summed E-state index contributed by atoms with van der Waals surface area (Å²) < 4.78 is 0. The third-order valence-corrected chi connectivity index (χ3v) is 3.31. The number of carbonyl (C=O) groups excluding carboxylic acids is 1. The van der Waals surface area contributed by atoms with Crippen molar-refractivity contribution < 1.29 is 4.79 Å². The Labute approximate surface area is 112 Å². The molecule has 0 fully saturated rings. The van der Waals surface area contributed by atoms with E-state index in [1.807, 2.05) is 11.8 Å². The standard InChI is InChI=1S/C14H28ClNO/c1-3-5-6-7-8-9-11-14(17)16(4-2)13-10-12-15/h3-13H2,1-2H3. The van der Waals surface area contributed by atoms with Crippen LogP contribution in [0.5, 0.6) is 0 Å². The molecule has 3 heteroatoms. The zero-order valence-electron chi connectivity index (χ0n) is 11.5. The first-order chi connectivity index (χ1) is 8.26. The molecule has 0 aromatic heterocycles. The van der Waals surface area contributed by atoms with Crippen molar-refractivity contribution in [1.82, 2.24) is 4.90 Å². The third kappa shape index (κ3) is 9.46. The van der Waals surface area contributed by atoms with Crippen LogP contribution in [0, 0.1) is 0 Å². The molecule has 17 heavy (non-hydrogen) atoms. The van der Waals surface area contributed by atoms with Crippen molar-refractivity contribution in [2.24, 2.45) is 0 Å². The van der Waals surface area contributed by atoms with Crippen LogP contribution >= 0.6 is 11.6 Å². The Morgan fingerprint density at radius 1 is 1.00 bits per heavy atom. The Bertz CT molecular complexity index is 185. The predicted octanol–water partition coefficient (Wildman–Crippen LogP) is 4.21. The molecule has 0 spiro atoms. The topological polar surface area (TPSA) is 20.3 Å². The van der Waals surface area contributed by atoms with Gasteiger partial charge in [0.15, 0.2) is 0 Å². The Morgan fingerprint density at radius 3 is 2.24 bits per heavy atom. The Hall–Kier alpha value is -0.240. The van der Waals surface area contributed by atoms with Crippen LogP contribution in [0.15, 0.2) is 0 Å². The first kappa shape index (κ1) is 16.8. The summed E-state index contributed by atoms with van der Waals surface area (Å²) in [7, 11) is 0. The molecule has 2 nitrogen and oxygen atoms in total. The van der Waals surface area contributed by atoms with Crippen LogP contribution in [0.2, 0.25) is 0 Å². The average Bonchev–Trinajstić information content (AvgIpc) is 2.34. The molecule has 0 aliphatic carbocycles. The summed E-state index contributed by atoms with van der Waals surface area (Å²) in [4.78, 5) is 13.8. The molecule has 1 amide bonds. The van der Waals surface area contributed by atoms with Crippen LogP contribution in [0.3, 0.4) is 0 Å². The van der Waals surface area contributed by atoms with Crippen molar-refractivity contribution in [2.45, 2.75) is 65.2 Å². The van der Waals surface area contributed by atoms with Crippen molar-refractivity contribution in [3.05, 3.63) is 0 Å². The number of alkyl halides is 1. The number of hydrogen-bond donors (Lipinski definition) is 0. The molecule has 0 saturated carbocycles. The van der Waals surface area contributed by atoms with Gasteiger partial charge in [0.05, 0.1) is 0 Å². The van der Waals surface area contributed by atoms with Crippen LogP contribution in [-0.4, -0.2) is 29.8 Å². The van der Waals surface area contributed by atoms with Crippen LogP contribution in [0.1, 0.15) is 65.2 Å². The second-order valence-electron chi connectivity index (χ2n) is 4.53. The summed E-state index contributed by atoms with van der Waals surface area (Å²) in [5, 5.41) is 0. The van der Waals surface area contributed by atoms with Gasteiger partial charge in [-0.1, -0.05) is 39.0 Å². The van der Waals surface area contributed by atoms with E-state index in [9.17, 15) is 4.79 Å². The van der Waals surface area contributed by atoms with Crippen molar-refractivity contribution >= 4 is 17.5 Å². The molecule has 0 atom stereocenters. The number of carbonyl (C=O) groups is 1. The minimum atomic E-state index is 0.299. The summed E-state index contributed by atoms with van der Waals surface area (Å²) in [6, 6.07) is 0. The molecule has 0 saturated heterocycles. The number of nitrogens with zero attached hydrogens (tertiary/aromatic N) is 1. The molecule has 0 aliphatic heterocycles. The first-order valence-corrected chi connectivity index (χ1v) is 7.63. The lowest BCUT2D eigenvalue weighted by Crippen LogP contribution is -2.31. The molecule has 0 rings (SSSR count). The lowest BCUT2D eigenvalue weighted by Gasteiger charge is -2.20. The lowest BCUT2D eigenvalue weighted by molar-refractivity contribution is -0.131. The van der Waals surface area contributed by atoms with Crippen molar-refractivity contribution in [1.29, 1.82) is 0 Å². The number of amides is 1. The molecule has 0 unspecified atom stereocenters. The fourth-order valence-corrected chi connectivity index (χ4v) is 2.04. The van der Waals surface area contributed by atoms with Gasteiger partial charge in [-0.05, 0) is 19.8 Å². The van der Waals surface area contributed by atoms with E-state index in [0.717, 1.165) is 25.9 Å². The summed E-state index contributed by atoms with van der Waals surface area (Å²) >= 11 is 5.64. The zero-order valence-corrected chi connectivity index (χ0v) is 12.3. The summed E-state index contributed by atoms with van der Waals surface area (Å²) in [6.45, 7) is 5.88. The van der Waals surface area contributed by atoms with Crippen LogP contribution in [0.4, 0.5) is 0 Å². The molecule has 0 aromatic carbocycles. The van der Waals surface area contributed by atoms with E-state index in [1.54, 1.807) is 0 Å². The summed E-state index contributed by atoms with van der Waals surface area (Å²) in [5.74, 6) is 0.939. The van der Waals surface area contributed by atoms with Crippen molar-refractivity contribution in [2.75, 3.05) is 19.0 Å². The highest BCUT2D eigenvalue weighted by Gasteiger charge is 2.09. The smallest absolute Gasteiger partial charge is 0.222 e. The Morgan fingerprint density at radius 2 is 1.65 bits per heavy atom. The average molecular weight is 262 g/mol. The Kier molecular flexibility index (Phi) is 12.1. The normalized spacial score (nSPS) is 10.5. The highest BCUT2D eigenvalue weighted by atomic mass is 35.5. The minimum absolute atomic E-state index is 0.299. The first-order valence-electron chi connectivity index (χ1n) is 7.10. The van der Waals surface area contributed by atoms with E-state index < -0.39 is 0 Å². The molecular weight excluding hydrogens is 234 g/mol. The van der Waals surface area contributed by atoms with Crippen LogP contribution < -0.4 is 0 Å². The minimum Gasteiger partial charge on any atom is -0.343 e. The molecule has 0 heterocycles. The van der Waals surface area contributed by atoms with Crippen molar-refractivity contribution in [3.63, 3.8) is 0 Å². The van der Waals surface area contributed by atoms with E-state index in [1.165, 1.54) is 32.1 Å². The molecule has 0 N–H and O–H groups in total. The van der Waals surface area contributed by atoms with Gasteiger partial charge in [-0.3, -0.25) is 4.79 Å². The van der Waals surface area contributed by atoms with Gasteiger partial charge >= 0.3 is 0 Å². The second kappa shape index (κ2) is 12.2. The molecule has 0 radical (unpaired) electrons. The third-order valence-electron chi connectivity index (χ3n) is 3.04. The highest BCUT2D eigenvalue weighted by molar-refractivity contribution is 6.17. The number of rotatable bonds is 11. The van der Waals surface area contributed by atoms with Gasteiger partial charge in [0.25, 0.3) is 0 Å². The number of hydrogen-bond acceptors (Lipinski definition) is 1. The van der Waals surface area contributed by atoms with Crippen LogP contribution in [-0.2, 0) is 4.79 Å². The molecule has 0 aliphatic rings. The Balaban J connectivity index is 3.54. The maximum atomic E-state index is 11.9. The van der Waals surface area contributed by atoms with E-state index >= 15 is 0 Å². The lowest BCUT2D eigenvalue weighted by atomic mass is 10.1. The zero-order chi connectivity index (χ0) is 12.9. The largest absolute Gasteiger partial charge is 0.343 e. The SMILES string of the molecule is CCCCCCCCC(=O)N(CC)CCCCl. The molecular formula is C14H28ClNO. The quantitative estimate of drug-likeness (QED) is 0.403. The van der Waals surface area contributed by atoms with E-state index in [0.29, 0.717) is 18.2 Å². The highest BCUT2D eigenvalue weighted by Crippen LogP contribution is 2.08. The summed E-state index contributed by atoms with van der Waals surface area (Å²) in [5.41, 5.74) is 0. The van der Waals surface area contributed by atoms with E-state index in [4.69, 9.17) is 11.6 Å². The van der Waals surface area contributed by atoms with E-state index in [2.05, 4.69) is 6.92 Å². The van der Waals surface area contributed by atoms with Gasteiger partial charge in [-0.2, -0.15) is 0 Å². The maximum absolute atomic E-state index is 11.9. The van der Waals surface area contributed by atoms with E-state index in [-0.39, 0.29) is 0 Å². The van der Waals surface area contributed by atoms with Gasteiger partial charge in [-0.25, -0.2) is 0 Å². The van der Waals surface area contributed by atoms with Crippen molar-refractivity contribution in [3.8, 4) is 0 Å². The number of halogens is 1. The summed E-state index contributed by atoms with van der Waals surface area (Å²) in [6.07, 6.45) is 9.04. The van der Waals surface area contributed by atoms with Gasteiger partial charge in [-0.15, -0.1) is 11.6 Å². The monoisotopic (exact) mass is 261 g/mol. The second-order valence-corrected chi connectivity index (χ2v) is 4.91. The van der Waals surface area contributed by atoms with Gasteiger partial charge in [0, 0.05) is 25.4 Å². The fourth-order valence-electron chi connectivity index (χ4n) is 1.92. The van der Waals surface area contributed by atoms with Gasteiger partial charge in [0.2, 0.25) is 5.91 Å². The number of unbranched alkanes of at least 4 members (excludes halogenated alkanes) is 5. The van der Waals surface area contributed by atoms with Gasteiger partial charge < -0.3 is 4.90 Å². The molecule has 102 valence electrons. The molecule has 0 bridgehead atoms. The van der Waals surface area contributed by atoms with Crippen LogP contribution in [0.25, 0.3) is 0 Å². The van der Waals surface area contributed by atoms with Gasteiger partial charge in [0.1, 0.15) is 0 Å². The molecule has 0 aromatic rings.